The quantitative estimate of drug-likeness (QED) is 0.632. The van der Waals surface area contributed by atoms with Crippen LogP contribution in [0.1, 0.15) is 11.4 Å². The molecule has 9 heteroatoms. The van der Waals surface area contributed by atoms with Gasteiger partial charge in [-0.2, -0.15) is 0 Å². The number of nitrogens with one attached hydrogen (secondary N) is 2. The average molecular weight is 296 g/mol. The predicted octanol–water partition coefficient (Wildman–Crippen LogP) is 1.10. The molecule has 1 aromatic carbocycles. The number of nitrogens with zero attached hydrogens (tertiary/aromatic N) is 2. The summed E-state index contributed by atoms with van der Waals surface area (Å²) in [5.41, 5.74) is 0.415. The largest absolute Gasteiger partial charge is 0.332 e. The number of hydrogen-bond donors (Lipinski definition) is 2. The second kappa shape index (κ2) is 5.39. The molecule has 2 aromatic rings. The maximum absolute atomic E-state index is 11.9. The van der Waals surface area contributed by atoms with Crippen LogP contribution < -0.4 is 4.72 Å². The Bertz CT molecular complexity index is 738. The highest BCUT2D eigenvalue weighted by atomic mass is 32.2. The van der Waals surface area contributed by atoms with Crippen molar-refractivity contribution in [2.45, 2.75) is 18.5 Å². The topological polar surface area (TPSA) is 118 Å². The molecule has 1 aromatic heterocycles. The van der Waals surface area contributed by atoms with E-state index < -0.39 is 14.9 Å². The molecule has 106 valence electrons. The average Bonchev–Trinajstić information content (AvgIpc) is 2.84. The van der Waals surface area contributed by atoms with Gasteiger partial charge >= 0.3 is 0 Å². The van der Waals surface area contributed by atoms with E-state index in [2.05, 4.69) is 14.7 Å². The van der Waals surface area contributed by atoms with Crippen LogP contribution in [0.2, 0.25) is 0 Å². The van der Waals surface area contributed by atoms with E-state index in [-0.39, 0.29) is 17.3 Å². The van der Waals surface area contributed by atoms with Crippen molar-refractivity contribution in [3.63, 3.8) is 0 Å². The van der Waals surface area contributed by atoms with Gasteiger partial charge < -0.3 is 4.98 Å². The summed E-state index contributed by atoms with van der Waals surface area (Å²) in [5.74, 6) is 0.487. The summed E-state index contributed by atoms with van der Waals surface area (Å²) < 4.78 is 26.2. The fourth-order valence-corrected chi connectivity index (χ4v) is 2.56. The summed E-state index contributed by atoms with van der Waals surface area (Å²) in [6.45, 7) is 1.60. The zero-order chi connectivity index (χ0) is 14.8. The number of hydrogen-bond acceptors (Lipinski definition) is 5. The zero-order valence-corrected chi connectivity index (χ0v) is 11.3. The minimum absolute atomic E-state index is 0.0396. The van der Waals surface area contributed by atoms with Gasteiger partial charge in [-0.3, -0.25) is 10.1 Å². The third-order valence-corrected chi connectivity index (χ3v) is 3.87. The van der Waals surface area contributed by atoms with Crippen molar-refractivity contribution in [1.29, 1.82) is 0 Å². The van der Waals surface area contributed by atoms with Crippen LogP contribution in [0.3, 0.4) is 0 Å². The van der Waals surface area contributed by atoms with Gasteiger partial charge in [0, 0.05) is 18.7 Å². The fourth-order valence-electron chi connectivity index (χ4n) is 1.57. The number of aryl methyl sites for hydroxylation is 1. The second-order valence-corrected chi connectivity index (χ2v) is 5.82. The van der Waals surface area contributed by atoms with Gasteiger partial charge in [-0.15, -0.1) is 0 Å². The summed E-state index contributed by atoms with van der Waals surface area (Å²) in [6.07, 6.45) is 1.21. The van der Waals surface area contributed by atoms with Gasteiger partial charge in [0.15, 0.2) is 5.03 Å². The molecule has 1 heterocycles. The van der Waals surface area contributed by atoms with Gasteiger partial charge in [-0.25, -0.2) is 18.1 Å². The van der Waals surface area contributed by atoms with Gasteiger partial charge in [0.1, 0.15) is 5.82 Å². The predicted molar refractivity (Wildman–Crippen MR) is 70.4 cm³/mol. The molecule has 0 aliphatic rings. The number of aromatic nitrogens is 2. The monoisotopic (exact) mass is 296 g/mol. The number of rotatable bonds is 5. The molecule has 0 fully saturated rings. The number of aromatic amines is 1. The number of non-ortho nitro benzene ring substituents is 1. The Morgan fingerprint density at radius 3 is 2.80 bits per heavy atom. The van der Waals surface area contributed by atoms with Gasteiger partial charge in [0.05, 0.1) is 11.1 Å². The molecule has 20 heavy (non-hydrogen) atoms. The molecule has 0 aliphatic carbocycles. The molecule has 0 radical (unpaired) electrons. The van der Waals surface area contributed by atoms with E-state index in [9.17, 15) is 18.5 Å². The molecule has 2 N–H and O–H groups in total. The van der Waals surface area contributed by atoms with Gasteiger partial charge in [-0.05, 0) is 12.5 Å². The second-order valence-electron chi connectivity index (χ2n) is 4.08. The lowest BCUT2D eigenvalue weighted by molar-refractivity contribution is -0.384. The Balaban J connectivity index is 2.12. The van der Waals surface area contributed by atoms with Crippen molar-refractivity contribution in [2.75, 3.05) is 0 Å². The minimum Gasteiger partial charge on any atom is -0.332 e. The molecule has 0 unspecified atom stereocenters. The van der Waals surface area contributed by atoms with Crippen LogP contribution in [-0.2, 0) is 16.6 Å². The highest BCUT2D eigenvalue weighted by Crippen LogP contribution is 2.13. The van der Waals surface area contributed by atoms with Gasteiger partial charge in [-0.1, -0.05) is 12.1 Å². The van der Waals surface area contributed by atoms with Crippen LogP contribution in [0.5, 0.6) is 0 Å². The van der Waals surface area contributed by atoms with Crippen molar-refractivity contribution in [1.82, 2.24) is 14.7 Å². The van der Waals surface area contributed by atoms with E-state index in [1.54, 1.807) is 13.0 Å². The maximum Gasteiger partial charge on any atom is 0.269 e. The van der Waals surface area contributed by atoms with Crippen LogP contribution in [-0.4, -0.2) is 23.3 Å². The summed E-state index contributed by atoms with van der Waals surface area (Å²) in [4.78, 5) is 16.5. The number of H-pyrrole nitrogens is 1. The number of sulfonamides is 1. The Labute approximate surface area is 115 Å². The van der Waals surface area contributed by atoms with Crippen molar-refractivity contribution in [2.24, 2.45) is 0 Å². The van der Waals surface area contributed by atoms with E-state index in [0.717, 1.165) is 0 Å². The highest BCUT2D eigenvalue weighted by Gasteiger charge is 2.16. The van der Waals surface area contributed by atoms with E-state index >= 15 is 0 Å². The molecule has 0 atom stereocenters. The van der Waals surface area contributed by atoms with Crippen LogP contribution in [0.25, 0.3) is 0 Å². The van der Waals surface area contributed by atoms with E-state index in [1.807, 2.05) is 0 Å². The lowest BCUT2D eigenvalue weighted by Gasteiger charge is -2.04. The normalized spacial score (nSPS) is 11.4. The molecule has 0 saturated carbocycles. The van der Waals surface area contributed by atoms with Gasteiger partial charge in [0.2, 0.25) is 0 Å². The summed E-state index contributed by atoms with van der Waals surface area (Å²) in [7, 11) is -3.71. The molecular weight excluding hydrogens is 284 g/mol. The molecule has 0 saturated heterocycles. The Hall–Kier alpha value is -2.26. The first kappa shape index (κ1) is 14.2. The molecule has 0 spiro atoms. The number of benzene rings is 1. The summed E-state index contributed by atoms with van der Waals surface area (Å²) >= 11 is 0. The molecular formula is C11H12N4O4S. The van der Waals surface area contributed by atoms with Crippen LogP contribution in [0.4, 0.5) is 5.69 Å². The van der Waals surface area contributed by atoms with Crippen molar-refractivity contribution < 1.29 is 13.3 Å². The molecule has 8 nitrogen and oxygen atoms in total. The van der Waals surface area contributed by atoms with E-state index in [1.165, 1.54) is 24.4 Å². The van der Waals surface area contributed by atoms with E-state index in [0.29, 0.717) is 11.4 Å². The Kier molecular flexibility index (Phi) is 3.81. The molecule has 0 aliphatic heterocycles. The fraction of sp³-hybridized carbons (Fsp3) is 0.182. The van der Waals surface area contributed by atoms with Crippen molar-refractivity contribution in [3.05, 3.63) is 52.0 Å². The Morgan fingerprint density at radius 1 is 1.45 bits per heavy atom. The first-order chi connectivity index (χ1) is 9.38. The number of nitro groups is 1. The number of nitro benzene ring substituents is 1. The van der Waals surface area contributed by atoms with Crippen LogP contribution in [0, 0.1) is 17.0 Å². The number of imidazole rings is 1. The SMILES string of the molecule is Cc1ncc(S(=O)(=O)NCc2cccc([N+](=O)[O-])c2)[nH]1. The zero-order valence-electron chi connectivity index (χ0n) is 10.5. The third-order valence-electron chi connectivity index (χ3n) is 2.56. The lowest BCUT2D eigenvalue weighted by atomic mass is 10.2. The van der Waals surface area contributed by atoms with Crippen molar-refractivity contribution >= 4 is 15.7 Å². The standard InChI is InChI=1S/C11H12N4O4S/c1-8-12-7-11(14-8)20(18,19)13-6-9-3-2-4-10(5-9)15(16)17/h2-5,7,13H,6H2,1H3,(H,12,14). The van der Waals surface area contributed by atoms with Crippen LogP contribution in [0.15, 0.2) is 35.5 Å². The highest BCUT2D eigenvalue weighted by molar-refractivity contribution is 7.89. The molecule has 2 rings (SSSR count). The summed E-state index contributed by atoms with van der Waals surface area (Å²) in [6, 6.07) is 5.77. The minimum atomic E-state index is -3.71. The molecule has 0 bridgehead atoms. The van der Waals surface area contributed by atoms with Crippen molar-refractivity contribution in [3.8, 4) is 0 Å². The first-order valence-corrected chi connectivity index (χ1v) is 7.11. The Morgan fingerprint density at radius 2 is 2.20 bits per heavy atom. The van der Waals surface area contributed by atoms with Gasteiger partial charge in [0.25, 0.3) is 15.7 Å². The third kappa shape index (κ3) is 3.19. The molecule has 0 amide bonds. The smallest absolute Gasteiger partial charge is 0.269 e. The first-order valence-electron chi connectivity index (χ1n) is 5.63. The van der Waals surface area contributed by atoms with Crippen LogP contribution >= 0.6 is 0 Å². The lowest BCUT2D eigenvalue weighted by Crippen LogP contribution is -2.23. The summed E-state index contributed by atoms with van der Waals surface area (Å²) in [5, 5.41) is 10.6. The van der Waals surface area contributed by atoms with E-state index in [4.69, 9.17) is 0 Å². The maximum atomic E-state index is 11.9.